The van der Waals surface area contributed by atoms with E-state index in [9.17, 15) is 0 Å². The van der Waals surface area contributed by atoms with Gasteiger partial charge >= 0.3 is 0 Å². The molecule has 280 valence electrons. The van der Waals surface area contributed by atoms with Crippen LogP contribution in [0.3, 0.4) is 0 Å². The molecule has 59 heavy (non-hydrogen) atoms. The fourth-order valence-corrected chi connectivity index (χ4v) is 10.9. The maximum Gasteiger partial charge on any atom is 0.0540 e. The second-order valence-corrected chi connectivity index (χ2v) is 17.7. The Balaban J connectivity index is 1.04. The Kier molecular flexibility index (Phi) is 7.10. The van der Waals surface area contributed by atoms with Crippen molar-refractivity contribution in [2.24, 2.45) is 0 Å². The smallest absolute Gasteiger partial charge is 0.0540 e. The molecular weight excluding hydrogens is 711 g/mol. The molecule has 0 aromatic heterocycles. The number of anilines is 3. The Morgan fingerprint density at radius 1 is 0.322 bits per heavy atom. The minimum atomic E-state index is -0.148. The molecule has 0 unspecified atom stereocenters. The van der Waals surface area contributed by atoms with Crippen molar-refractivity contribution in [1.29, 1.82) is 0 Å². The molecule has 2 aliphatic carbocycles. The summed E-state index contributed by atoms with van der Waals surface area (Å²) < 4.78 is 0. The predicted molar refractivity (Wildman–Crippen MR) is 252 cm³/mol. The molecule has 12 rings (SSSR count). The van der Waals surface area contributed by atoms with Gasteiger partial charge in [-0.25, -0.2) is 0 Å². The van der Waals surface area contributed by atoms with Crippen LogP contribution in [0, 0.1) is 0 Å². The first-order valence-electron chi connectivity index (χ1n) is 20.9. The Morgan fingerprint density at radius 3 is 1.56 bits per heavy atom. The molecule has 0 heterocycles. The Labute approximate surface area is 345 Å². The van der Waals surface area contributed by atoms with Crippen LogP contribution < -0.4 is 4.90 Å². The van der Waals surface area contributed by atoms with Crippen LogP contribution in [0.4, 0.5) is 17.1 Å². The van der Waals surface area contributed by atoms with E-state index < -0.39 is 0 Å². The summed E-state index contributed by atoms with van der Waals surface area (Å²) in [5.41, 5.74) is 16.6. The lowest BCUT2D eigenvalue weighted by molar-refractivity contribution is 0.662. The van der Waals surface area contributed by atoms with E-state index >= 15 is 0 Å². The average molecular weight is 754 g/mol. The standard InChI is InChI=1S/C58H43N/c1-57(2)52-34-39-18-9-8-17-38(39)32-50(52)51-33-40-22-25-43(31-42(40)35-53(51)57)59(54-21-13-12-19-45(54)36-14-6-5-7-15-36)44-26-29-47-41(30-44)24-28-49-48-27-23-37-16-10-11-20-46(37)55(48)58(3,4)56(47)49/h5-35H,1-4H3. The molecule has 0 amide bonds. The van der Waals surface area contributed by atoms with Crippen molar-refractivity contribution in [2.75, 3.05) is 4.90 Å². The molecule has 10 aromatic rings. The van der Waals surface area contributed by atoms with Gasteiger partial charge in [0.15, 0.2) is 0 Å². The van der Waals surface area contributed by atoms with E-state index in [2.05, 4.69) is 221 Å². The van der Waals surface area contributed by atoms with Crippen molar-refractivity contribution in [3.8, 4) is 33.4 Å². The fourth-order valence-electron chi connectivity index (χ4n) is 10.9. The van der Waals surface area contributed by atoms with Gasteiger partial charge in [0.1, 0.15) is 0 Å². The minimum Gasteiger partial charge on any atom is -0.310 e. The van der Waals surface area contributed by atoms with Gasteiger partial charge < -0.3 is 4.90 Å². The molecule has 1 nitrogen and oxygen atoms in total. The third-order valence-electron chi connectivity index (χ3n) is 13.7. The van der Waals surface area contributed by atoms with Crippen molar-refractivity contribution >= 4 is 60.2 Å². The summed E-state index contributed by atoms with van der Waals surface area (Å²) in [6, 6.07) is 70.5. The van der Waals surface area contributed by atoms with Gasteiger partial charge in [-0.2, -0.15) is 0 Å². The van der Waals surface area contributed by atoms with Gasteiger partial charge in [0, 0.05) is 27.8 Å². The summed E-state index contributed by atoms with van der Waals surface area (Å²) in [7, 11) is 0. The van der Waals surface area contributed by atoms with Crippen molar-refractivity contribution in [2.45, 2.75) is 38.5 Å². The van der Waals surface area contributed by atoms with E-state index in [1.165, 1.54) is 98.7 Å². The van der Waals surface area contributed by atoms with Gasteiger partial charge in [-0.05, 0) is 148 Å². The van der Waals surface area contributed by atoms with Crippen LogP contribution in [-0.4, -0.2) is 0 Å². The summed E-state index contributed by atoms with van der Waals surface area (Å²) >= 11 is 0. The Hall–Kier alpha value is -6.96. The highest BCUT2D eigenvalue weighted by Gasteiger charge is 2.39. The normalized spacial score (nSPS) is 14.4. The van der Waals surface area contributed by atoms with Gasteiger partial charge in [0.25, 0.3) is 0 Å². The monoisotopic (exact) mass is 753 g/mol. The first-order chi connectivity index (χ1) is 28.8. The van der Waals surface area contributed by atoms with Gasteiger partial charge in [0.2, 0.25) is 0 Å². The van der Waals surface area contributed by atoms with Gasteiger partial charge in [0.05, 0.1) is 5.69 Å². The molecule has 0 atom stereocenters. The molecule has 0 N–H and O–H groups in total. The molecule has 0 radical (unpaired) electrons. The molecule has 0 spiro atoms. The highest BCUT2D eigenvalue weighted by Crippen LogP contribution is 2.55. The first kappa shape index (κ1) is 34.1. The molecule has 2 aliphatic rings. The van der Waals surface area contributed by atoms with Crippen LogP contribution in [0.1, 0.15) is 49.9 Å². The quantitative estimate of drug-likeness (QED) is 0.173. The second-order valence-electron chi connectivity index (χ2n) is 17.7. The third kappa shape index (κ3) is 4.91. The molecule has 0 saturated carbocycles. The number of hydrogen-bond donors (Lipinski definition) is 0. The number of hydrogen-bond acceptors (Lipinski definition) is 1. The summed E-state index contributed by atoms with van der Waals surface area (Å²) in [5.74, 6) is 0. The van der Waals surface area contributed by atoms with E-state index in [0.717, 1.165) is 17.1 Å². The second kappa shape index (κ2) is 12.3. The lowest BCUT2D eigenvalue weighted by Gasteiger charge is -2.29. The van der Waals surface area contributed by atoms with Gasteiger partial charge in [-0.3, -0.25) is 0 Å². The minimum absolute atomic E-state index is 0.114. The van der Waals surface area contributed by atoms with Gasteiger partial charge in [-0.15, -0.1) is 0 Å². The molecule has 10 aromatic carbocycles. The van der Waals surface area contributed by atoms with Crippen LogP contribution in [0.15, 0.2) is 188 Å². The molecule has 0 saturated heterocycles. The predicted octanol–water partition coefficient (Wildman–Crippen LogP) is 16.0. The van der Waals surface area contributed by atoms with Crippen LogP contribution in [0.5, 0.6) is 0 Å². The average Bonchev–Trinajstić information content (AvgIpc) is 3.64. The number of rotatable bonds is 4. The zero-order chi connectivity index (χ0) is 39.6. The number of fused-ring (bicyclic) bond motifs is 12. The van der Waals surface area contributed by atoms with Crippen molar-refractivity contribution in [1.82, 2.24) is 0 Å². The maximum atomic E-state index is 2.47. The van der Waals surface area contributed by atoms with Gasteiger partial charge in [-0.1, -0.05) is 161 Å². The van der Waals surface area contributed by atoms with Crippen molar-refractivity contribution in [3.05, 3.63) is 210 Å². The number of benzene rings is 10. The van der Waals surface area contributed by atoms with E-state index in [1.807, 2.05) is 0 Å². The van der Waals surface area contributed by atoms with Crippen LogP contribution in [0.25, 0.3) is 76.5 Å². The highest BCUT2D eigenvalue weighted by atomic mass is 15.1. The Morgan fingerprint density at radius 2 is 0.831 bits per heavy atom. The largest absolute Gasteiger partial charge is 0.310 e. The molecule has 0 aliphatic heterocycles. The van der Waals surface area contributed by atoms with Crippen LogP contribution >= 0.6 is 0 Å². The lowest BCUT2D eigenvalue weighted by atomic mass is 9.78. The van der Waals surface area contributed by atoms with E-state index in [4.69, 9.17) is 0 Å². The summed E-state index contributed by atoms with van der Waals surface area (Å²) in [4.78, 5) is 2.47. The van der Waals surface area contributed by atoms with Crippen LogP contribution in [-0.2, 0) is 10.8 Å². The molecule has 0 bridgehead atoms. The van der Waals surface area contributed by atoms with E-state index in [0.29, 0.717) is 0 Å². The summed E-state index contributed by atoms with van der Waals surface area (Å²) in [6.07, 6.45) is 0. The zero-order valence-electron chi connectivity index (χ0n) is 33.8. The SMILES string of the molecule is CC1(C)c2cc3ccccc3cc2-c2cc3ccc(N(c4ccc5c6c(ccc5c4)-c4ccc5ccccc5c4C6(C)C)c4ccccc4-c4ccccc4)cc3cc21. The fraction of sp³-hybridized carbons (Fsp3) is 0.103. The lowest BCUT2D eigenvalue weighted by Crippen LogP contribution is -2.16. The summed E-state index contributed by atoms with van der Waals surface area (Å²) in [5, 5.41) is 10.3. The van der Waals surface area contributed by atoms with Crippen molar-refractivity contribution in [3.63, 3.8) is 0 Å². The highest BCUT2D eigenvalue weighted by molar-refractivity contribution is 6.05. The van der Waals surface area contributed by atoms with Crippen molar-refractivity contribution < 1.29 is 0 Å². The zero-order valence-corrected chi connectivity index (χ0v) is 33.8. The number of para-hydroxylation sites is 1. The Bertz CT molecular complexity index is 3380. The summed E-state index contributed by atoms with van der Waals surface area (Å²) in [6.45, 7) is 9.60. The molecular formula is C58H43N. The number of nitrogens with zero attached hydrogens (tertiary/aromatic N) is 1. The molecule has 1 heteroatoms. The first-order valence-corrected chi connectivity index (χ1v) is 20.9. The maximum absolute atomic E-state index is 2.47. The van der Waals surface area contributed by atoms with E-state index in [-0.39, 0.29) is 10.8 Å². The van der Waals surface area contributed by atoms with Crippen LogP contribution in [0.2, 0.25) is 0 Å². The topological polar surface area (TPSA) is 3.24 Å². The third-order valence-corrected chi connectivity index (χ3v) is 13.7. The molecule has 0 fully saturated rings. The van der Waals surface area contributed by atoms with E-state index in [1.54, 1.807) is 0 Å².